The van der Waals surface area contributed by atoms with Crippen molar-refractivity contribution in [3.05, 3.63) is 10.4 Å². The third kappa shape index (κ3) is 3.48. The predicted octanol–water partition coefficient (Wildman–Crippen LogP) is -1.12. The Morgan fingerprint density at radius 2 is 2.25 bits per heavy atom. The zero-order chi connectivity index (χ0) is 20.2. The molecular formula is C12H16N5O8PS2. The normalized spacial score (nSPS) is 30.2. The van der Waals surface area contributed by atoms with Crippen LogP contribution in [0.4, 0.5) is 5.95 Å². The first-order valence-corrected chi connectivity index (χ1v) is 11.9. The van der Waals surface area contributed by atoms with Crippen molar-refractivity contribution < 1.29 is 33.7 Å². The third-order valence-corrected chi connectivity index (χ3v) is 6.91. The van der Waals surface area contributed by atoms with Gasteiger partial charge in [-0.2, -0.15) is 0 Å². The molecule has 16 heteroatoms. The Balaban J connectivity index is 1.79. The molecule has 0 aliphatic carbocycles. The molecule has 2 aromatic heterocycles. The fourth-order valence-corrected chi connectivity index (χ4v) is 5.47. The average Bonchev–Trinajstić information content (AvgIpc) is 3.10. The van der Waals surface area contributed by atoms with Gasteiger partial charge < -0.3 is 0 Å². The number of nitrogens with two attached hydrogens (primary N) is 1. The summed E-state index contributed by atoms with van der Waals surface area (Å²) in [7, 11) is -3.69. The molecule has 6 N–H and O–H groups in total. The summed E-state index contributed by atoms with van der Waals surface area (Å²) in [5, 5.41) is 19.8. The standard InChI is InChI=1S/C12H16N5O8PS2/c13-11-15-8-5(9(21)16-11)14-12(28-2-4(18)19)17(8)10-6(20)7-3(24-10)1-23-26(22,27)25-7/h3,6-7,10,20,22,26-27H,1-2H2,(H,18,19)(H3,13,15,16,21)/t3?,6?,7-,10-/m1/s1. The molecule has 4 atom stereocenters. The Bertz CT molecular complexity index is 998. The maximum absolute atomic E-state index is 12.2. The second-order valence-corrected chi connectivity index (χ2v) is 10.3. The Morgan fingerprint density at radius 3 is 2.96 bits per heavy atom. The Hall–Kier alpha value is -1.45. The van der Waals surface area contributed by atoms with E-state index in [4.69, 9.17) is 24.6 Å². The van der Waals surface area contributed by atoms with Crippen molar-refractivity contribution in [3.8, 4) is 0 Å². The van der Waals surface area contributed by atoms with Crippen LogP contribution in [0.2, 0.25) is 0 Å². The number of aliphatic hydroxyl groups excluding tert-OH is 1. The molecule has 0 amide bonds. The number of aromatic amines is 1. The fourth-order valence-electron chi connectivity index (χ4n) is 3.05. The van der Waals surface area contributed by atoms with Gasteiger partial charge in [-0.3, -0.25) is 0 Å². The molecule has 2 unspecified atom stereocenters. The van der Waals surface area contributed by atoms with Crippen LogP contribution in [0.1, 0.15) is 6.23 Å². The van der Waals surface area contributed by atoms with Crippen LogP contribution in [0, 0.1) is 0 Å². The Morgan fingerprint density at radius 1 is 1.50 bits per heavy atom. The Kier molecular flexibility index (Phi) is 5.04. The van der Waals surface area contributed by atoms with E-state index in [1.165, 1.54) is 4.57 Å². The van der Waals surface area contributed by atoms with Crippen LogP contribution in [0.25, 0.3) is 11.2 Å². The van der Waals surface area contributed by atoms with Crippen molar-refractivity contribution in [1.29, 1.82) is 0 Å². The van der Waals surface area contributed by atoms with Gasteiger partial charge in [0, 0.05) is 0 Å². The van der Waals surface area contributed by atoms with Gasteiger partial charge in [-0.15, -0.1) is 0 Å². The van der Waals surface area contributed by atoms with E-state index in [0.717, 1.165) is 11.8 Å². The van der Waals surface area contributed by atoms with Gasteiger partial charge in [0.2, 0.25) is 0 Å². The number of carbonyl (C=O) groups is 1. The van der Waals surface area contributed by atoms with Crippen molar-refractivity contribution in [2.75, 3.05) is 18.1 Å². The number of carboxylic acid groups (broad SMARTS) is 1. The number of imidazole rings is 1. The number of aromatic nitrogens is 4. The quantitative estimate of drug-likeness (QED) is 0.186. The summed E-state index contributed by atoms with van der Waals surface area (Å²) < 4.78 is 17.6. The number of nitrogens with one attached hydrogen (secondary N) is 1. The molecule has 0 aromatic carbocycles. The number of hydrogen-bond acceptors (Lipinski definition) is 12. The number of rotatable bonds is 4. The van der Waals surface area contributed by atoms with E-state index in [1.807, 2.05) is 0 Å². The number of nitrogens with zero attached hydrogens (tertiary/aromatic N) is 3. The summed E-state index contributed by atoms with van der Waals surface area (Å²) in [6.45, 7) is -0.0647. The van der Waals surface area contributed by atoms with E-state index in [2.05, 4.69) is 27.2 Å². The molecule has 4 heterocycles. The van der Waals surface area contributed by atoms with E-state index >= 15 is 0 Å². The van der Waals surface area contributed by atoms with Crippen molar-refractivity contribution >= 4 is 54.2 Å². The number of H-pyrrole nitrogens is 1. The molecule has 2 fully saturated rings. The summed E-state index contributed by atoms with van der Waals surface area (Å²) in [6.07, 6.45) is -4.11. The molecule has 2 aliphatic heterocycles. The van der Waals surface area contributed by atoms with Gasteiger partial charge in [0.25, 0.3) is 0 Å². The van der Waals surface area contributed by atoms with E-state index in [-0.39, 0.29) is 34.6 Å². The average molecular weight is 453 g/mol. The number of thiol groups is 1. The van der Waals surface area contributed by atoms with Gasteiger partial charge in [0.05, 0.1) is 0 Å². The number of nitrogen functional groups attached to an aromatic ring is 1. The van der Waals surface area contributed by atoms with Crippen molar-refractivity contribution in [3.63, 3.8) is 0 Å². The van der Waals surface area contributed by atoms with Crippen LogP contribution < -0.4 is 11.3 Å². The predicted molar refractivity (Wildman–Crippen MR) is 101 cm³/mol. The summed E-state index contributed by atoms with van der Waals surface area (Å²) in [6, 6.07) is 0. The van der Waals surface area contributed by atoms with Crippen molar-refractivity contribution in [2.45, 2.75) is 29.7 Å². The van der Waals surface area contributed by atoms with Crippen LogP contribution in [0.3, 0.4) is 0 Å². The molecule has 13 nitrogen and oxygen atoms in total. The number of anilines is 1. The summed E-state index contributed by atoms with van der Waals surface area (Å²) in [4.78, 5) is 43.6. The first kappa shape index (κ1) is 19.8. The second-order valence-electron chi connectivity index (χ2n) is 6.07. The van der Waals surface area contributed by atoms with Crippen LogP contribution in [-0.4, -0.2) is 71.3 Å². The minimum absolute atomic E-state index is 0.0103. The van der Waals surface area contributed by atoms with Crippen LogP contribution in [0.15, 0.2) is 9.95 Å². The molecule has 2 aromatic rings. The summed E-state index contributed by atoms with van der Waals surface area (Å²) in [5.41, 5.74) is 4.91. The zero-order valence-electron chi connectivity index (χ0n) is 13.9. The van der Waals surface area contributed by atoms with Crippen LogP contribution in [0.5, 0.6) is 0 Å². The first-order valence-electron chi connectivity index (χ1n) is 7.88. The zero-order valence-corrected chi connectivity index (χ0v) is 16.6. The molecular weight excluding hydrogens is 437 g/mol. The van der Waals surface area contributed by atoms with E-state index < -0.39 is 43.2 Å². The van der Waals surface area contributed by atoms with Gasteiger partial charge in [0.15, 0.2) is 0 Å². The molecule has 0 saturated carbocycles. The number of aliphatic carboxylic acids is 1. The van der Waals surface area contributed by atoms with Gasteiger partial charge in [-0.05, 0) is 0 Å². The SMILES string of the molecule is Nc1nc2c(nc(SCC(=O)O)n2[C@@H]2OC3CO[PH](O)(S)O[C@H]3C2O)c(=O)[nH]1. The Labute approximate surface area is 165 Å². The monoisotopic (exact) mass is 453 g/mol. The van der Waals surface area contributed by atoms with Gasteiger partial charge in [-0.1, -0.05) is 0 Å². The van der Waals surface area contributed by atoms with Crippen LogP contribution >= 0.6 is 31.2 Å². The molecule has 0 radical (unpaired) electrons. The number of thioether (sulfide) groups is 1. The molecule has 0 spiro atoms. The number of carboxylic acids is 1. The van der Waals surface area contributed by atoms with E-state index in [1.54, 1.807) is 0 Å². The number of hydrogen-bond donors (Lipinski definition) is 6. The number of ether oxygens (including phenoxy) is 1. The maximum atomic E-state index is 12.2. The van der Waals surface area contributed by atoms with E-state index in [0.29, 0.717) is 0 Å². The molecule has 2 saturated heterocycles. The second kappa shape index (κ2) is 7.11. The topological polar surface area (TPSA) is 195 Å². The number of aliphatic hydroxyl groups is 1. The van der Waals surface area contributed by atoms with Crippen molar-refractivity contribution in [2.24, 2.45) is 0 Å². The van der Waals surface area contributed by atoms with Gasteiger partial charge in [0.1, 0.15) is 0 Å². The number of fused-ring (bicyclic) bond motifs is 2. The molecule has 2 aliphatic rings. The molecule has 154 valence electrons. The minimum atomic E-state index is -3.69. The summed E-state index contributed by atoms with van der Waals surface area (Å²) in [5.74, 6) is -1.64. The fraction of sp³-hybridized carbons (Fsp3) is 0.500. The first-order chi connectivity index (χ1) is 13.2. The van der Waals surface area contributed by atoms with Gasteiger partial charge in [-0.25, -0.2) is 0 Å². The van der Waals surface area contributed by atoms with Gasteiger partial charge >= 0.3 is 166 Å². The molecule has 0 bridgehead atoms. The van der Waals surface area contributed by atoms with E-state index in [9.17, 15) is 19.6 Å². The molecule has 28 heavy (non-hydrogen) atoms. The molecule has 4 rings (SSSR count). The third-order valence-electron chi connectivity index (χ3n) is 4.15. The van der Waals surface area contributed by atoms with Crippen molar-refractivity contribution in [1.82, 2.24) is 19.5 Å². The van der Waals surface area contributed by atoms with Crippen LogP contribution in [-0.2, 0) is 18.6 Å². The summed E-state index contributed by atoms with van der Waals surface area (Å²) >= 11 is 4.74.